The van der Waals surface area contributed by atoms with E-state index >= 15 is 0 Å². The Bertz CT molecular complexity index is 320. The molecule has 0 saturated heterocycles. The van der Waals surface area contributed by atoms with Gasteiger partial charge in [-0.3, -0.25) is 0 Å². The molecule has 4 aliphatic rings. The number of amides is 2. The quantitative estimate of drug-likeness (QED) is 0.653. The third kappa shape index (κ3) is 3.11. The molecule has 4 fully saturated rings. The normalized spacial score (nSPS) is 38.0. The SMILES string of the molecule is CCNCCCNC(=O)NC12CC3CC(CC(C3)C1)C2. The third-order valence-electron chi connectivity index (χ3n) is 5.48. The fourth-order valence-electron chi connectivity index (χ4n) is 5.14. The van der Waals surface area contributed by atoms with Crippen molar-refractivity contribution in [3.8, 4) is 0 Å². The van der Waals surface area contributed by atoms with E-state index in [1.165, 1.54) is 38.5 Å². The molecule has 4 bridgehead atoms. The van der Waals surface area contributed by atoms with Gasteiger partial charge in [0.15, 0.2) is 0 Å². The summed E-state index contributed by atoms with van der Waals surface area (Å²) in [5.74, 6) is 2.65. The number of rotatable bonds is 6. The number of carbonyl (C=O) groups excluding carboxylic acids is 1. The van der Waals surface area contributed by atoms with Crippen LogP contribution in [0.2, 0.25) is 0 Å². The first-order valence-electron chi connectivity index (χ1n) is 8.46. The van der Waals surface area contributed by atoms with Crippen LogP contribution in [-0.4, -0.2) is 31.2 Å². The largest absolute Gasteiger partial charge is 0.338 e. The second kappa shape index (κ2) is 5.92. The Morgan fingerprint density at radius 1 is 1.05 bits per heavy atom. The van der Waals surface area contributed by atoms with Gasteiger partial charge in [-0.1, -0.05) is 6.92 Å². The molecule has 0 aromatic heterocycles. The van der Waals surface area contributed by atoms with Crippen molar-refractivity contribution in [2.24, 2.45) is 17.8 Å². The van der Waals surface area contributed by atoms with E-state index < -0.39 is 0 Å². The highest BCUT2D eigenvalue weighted by Crippen LogP contribution is 2.55. The minimum Gasteiger partial charge on any atom is -0.338 e. The molecule has 3 N–H and O–H groups in total. The summed E-state index contributed by atoms with van der Waals surface area (Å²) in [6.07, 6.45) is 8.95. The number of nitrogens with one attached hydrogen (secondary N) is 3. The van der Waals surface area contributed by atoms with Crippen molar-refractivity contribution in [3.63, 3.8) is 0 Å². The zero-order valence-electron chi connectivity index (χ0n) is 12.7. The minimum atomic E-state index is 0.0587. The first-order chi connectivity index (χ1) is 9.69. The van der Waals surface area contributed by atoms with E-state index in [4.69, 9.17) is 0 Å². The van der Waals surface area contributed by atoms with Crippen LogP contribution in [0.15, 0.2) is 0 Å². The second-order valence-corrected chi connectivity index (χ2v) is 7.29. The fourth-order valence-corrected chi connectivity index (χ4v) is 5.14. The Kier molecular flexibility index (Phi) is 4.20. The molecule has 4 heteroatoms. The molecule has 0 spiro atoms. The highest BCUT2D eigenvalue weighted by atomic mass is 16.2. The molecule has 4 rings (SSSR count). The second-order valence-electron chi connectivity index (χ2n) is 7.29. The lowest BCUT2D eigenvalue weighted by Crippen LogP contribution is -2.61. The van der Waals surface area contributed by atoms with Crippen molar-refractivity contribution in [2.45, 2.75) is 57.4 Å². The Hall–Kier alpha value is -0.770. The number of carbonyl (C=O) groups is 1. The predicted octanol–water partition coefficient (Wildman–Crippen LogP) is 2.25. The average molecular weight is 279 g/mol. The number of urea groups is 1. The van der Waals surface area contributed by atoms with Crippen LogP contribution in [0.3, 0.4) is 0 Å². The lowest BCUT2D eigenvalue weighted by atomic mass is 9.53. The summed E-state index contributed by atoms with van der Waals surface area (Å²) in [7, 11) is 0. The summed E-state index contributed by atoms with van der Waals surface area (Å²) in [6.45, 7) is 4.85. The highest BCUT2D eigenvalue weighted by Gasteiger charge is 2.51. The van der Waals surface area contributed by atoms with E-state index in [1.807, 2.05) is 0 Å². The summed E-state index contributed by atoms with van der Waals surface area (Å²) < 4.78 is 0. The van der Waals surface area contributed by atoms with Gasteiger partial charge in [0.25, 0.3) is 0 Å². The van der Waals surface area contributed by atoms with Crippen molar-refractivity contribution in [2.75, 3.05) is 19.6 Å². The van der Waals surface area contributed by atoms with Gasteiger partial charge in [0.1, 0.15) is 0 Å². The van der Waals surface area contributed by atoms with Gasteiger partial charge in [-0.2, -0.15) is 0 Å². The summed E-state index contributed by atoms with van der Waals surface area (Å²) in [5, 5.41) is 9.65. The summed E-state index contributed by atoms with van der Waals surface area (Å²) >= 11 is 0. The van der Waals surface area contributed by atoms with Gasteiger partial charge in [0, 0.05) is 12.1 Å². The first kappa shape index (κ1) is 14.2. The molecular weight excluding hydrogens is 250 g/mol. The molecule has 4 saturated carbocycles. The zero-order valence-corrected chi connectivity index (χ0v) is 12.7. The van der Waals surface area contributed by atoms with Crippen LogP contribution in [0.1, 0.15) is 51.9 Å². The highest BCUT2D eigenvalue weighted by molar-refractivity contribution is 5.74. The maximum Gasteiger partial charge on any atom is 0.315 e. The predicted molar refractivity (Wildman–Crippen MR) is 80.6 cm³/mol. The van der Waals surface area contributed by atoms with E-state index in [2.05, 4.69) is 22.9 Å². The van der Waals surface area contributed by atoms with Crippen molar-refractivity contribution in [1.82, 2.24) is 16.0 Å². The lowest BCUT2D eigenvalue weighted by molar-refractivity contribution is -0.0135. The van der Waals surface area contributed by atoms with Gasteiger partial charge in [0.2, 0.25) is 0 Å². The van der Waals surface area contributed by atoms with Gasteiger partial charge >= 0.3 is 6.03 Å². The lowest BCUT2D eigenvalue weighted by Gasteiger charge is -2.56. The molecular formula is C16H29N3O. The monoisotopic (exact) mass is 279 g/mol. The molecule has 4 nitrogen and oxygen atoms in total. The Labute approximate surface area is 122 Å². The van der Waals surface area contributed by atoms with E-state index in [-0.39, 0.29) is 11.6 Å². The number of hydrogen-bond donors (Lipinski definition) is 3. The maximum absolute atomic E-state index is 12.1. The Balaban J connectivity index is 1.44. The van der Waals surface area contributed by atoms with Crippen LogP contribution >= 0.6 is 0 Å². The smallest absolute Gasteiger partial charge is 0.315 e. The van der Waals surface area contributed by atoms with Crippen LogP contribution < -0.4 is 16.0 Å². The summed E-state index contributed by atoms with van der Waals surface area (Å²) in [5.41, 5.74) is 0.139. The molecule has 4 aliphatic carbocycles. The Morgan fingerprint density at radius 2 is 1.65 bits per heavy atom. The molecule has 0 unspecified atom stereocenters. The molecule has 0 heterocycles. The topological polar surface area (TPSA) is 53.2 Å². The van der Waals surface area contributed by atoms with Crippen molar-refractivity contribution in [1.29, 1.82) is 0 Å². The summed E-state index contributed by atoms with van der Waals surface area (Å²) in [4.78, 5) is 12.1. The van der Waals surface area contributed by atoms with Crippen molar-refractivity contribution >= 4 is 6.03 Å². The fraction of sp³-hybridized carbons (Fsp3) is 0.938. The standard InChI is InChI=1S/C16H29N3O/c1-2-17-4-3-5-18-15(20)19-16-9-12-6-13(10-16)8-14(7-12)11-16/h12-14,17H,2-11H2,1H3,(H2,18,19,20). The molecule has 20 heavy (non-hydrogen) atoms. The van der Waals surface area contributed by atoms with Gasteiger partial charge < -0.3 is 16.0 Å². The van der Waals surface area contributed by atoms with Gasteiger partial charge in [0.05, 0.1) is 0 Å². The van der Waals surface area contributed by atoms with Crippen molar-refractivity contribution < 1.29 is 4.79 Å². The van der Waals surface area contributed by atoms with Crippen LogP contribution in [0, 0.1) is 17.8 Å². The molecule has 0 atom stereocenters. The zero-order chi connectivity index (χ0) is 14.0. The van der Waals surface area contributed by atoms with Crippen LogP contribution in [0.5, 0.6) is 0 Å². The van der Waals surface area contributed by atoms with Crippen LogP contribution in [-0.2, 0) is 0 Å². The molecule has 0 aliphatic heterocycles. The van der Waals surface area contributed by atoms with Crippen LogP contribution in [0.4, 0.5) is 4.79 Å². The maximum atomic E-state index is 12.1. The Morgan fingerprint density at radius 3 is 2.20 bits per heavy atom. The average Bonchev–Trinajstić information content (AvgIpc) is 2.36. The van der Waals surface area contributed by atoms with E-state index in [1.54, 1.807) is 0 Å². The first-order valence-corrected chi connectivity index (χ1v) is 8.46. The summed E-state index contributed by atoms with van der Waals surface area (Å²) in [6, 6.07) is 0.0587. The third-order valence-corrected chi connectivity index (χ3v) is 5.48. The van der Waals surface area contributed by atoms with E-state index in [0.717, 1.165) is 43.8 Å². The van der Waals surface area contributed by atoms with E-state index in [9.17, 15) is 4.79 Å². The van der Waals surface area contributed by atoms with Crippen LogP contribution in [0.25, 0.3) is 0 Å². The molecule has 0 aromatic rings. The van der Waals surface area contributed by atoms with Gasteiger partial charge in [-0.25, -0.2) is 4.79 Å². The molecule has 0 radical (unpaired) electrons. The van der Waals surface area contributed by atoms with Gasteiger partial charge in [-0.05, 0) is 75.8 Å². The molecule has 2 amide bonds. The number of hydrogen-bond acceptors (Lipinski definition) is 2. The van der Waals surface area contributed by atoms with E-state index in [0.29, 0.717) is 0 Å². The molecule has 114 valence electrons. The van der Waals surface area contributed by atoms with Crippen molar-refractivity contribution in [3.05, 3.63) is 0 Å². The minimum absolute atomic E-state index is 0.0587. The van der Waals surface area contributed by atoms with Gasteiger partial charge in [-0.15, -0.1) is 0 Å². The molecule has 0 aromatic carbocycles.